The van der Waals surface area contributed by atoms with Gasteiger partial charge in [0.1, 0.15) is 5.75 Å². The Morgan fingerprint density at radius 2 is 1.48 bits per heavy atom. The smallest absolute Gasteiger partial charge is 0.200 e. The summed E-state index contributed by atoms with van der Waals surface area (Å²) in [5.41, 5.74) is 3.50. The van der Waals surface area contributed by atoms with Gasteiger partial charge in [0, 0.05) is 4.47 Å². The first-order valence-electron chi connectivity index (χ1n) is 8.30. The van der Waals surface area contributed by atoms with E-state index < -0.39 is 8.32 Å². The van der Waals surface area contributed by atoms with Crippen LogP contribution in [0.3, 0.4) is 0 Å². The Morgan fingerprint density at radius 1 is 1.00 bits per heavy atom. The van der Waals surface area contributed by atoms with E-state index in [-0.39, 0.29) is 6.61 Å². The number of hydrogen-bond acceptors (Lipinski definition) is 3. The normalized spacial score (nSPS) is 12.5. The largest absolute Gasteiger partial charge is 0.497 e. The van der Waals surface area contributed by atoms with Crippen LogP contribution in [0.5, 0.6) is 5.75 Å². The number of hydrogen-bond donors (Lipinski definition) is 1. The standard InChI is InChI=1S/C18H31BrO3Si/c1-12(2)23(13(3)4,14(5)6)22-11-16-9-17(21-7)8-15(10-20)18(16)19/h8-9,12-14,20H,10-11H2,1-7H3. The van der Waals surface area contributed by atoms with Gasteiger partial charge in [-0.3, -0.25) is 0 Å². The van der Waals surface area contributed by atoms with Crippen LogP contribution in [0.15, 0.2) is 16.6 Å². The molecule has 0 atom stereocenters. The third kappa shape index (κ3) is 4.38. The van der Waals surface area contributed by atoms with E-state index in [4.69, 9.17) is 9.16 Å². The minimum Gasteiger partial charge on any atom is -0.497 e. The molecule has 0 spiro atoms. The minimum atomic E-state index is -1.91. The summed E-state index contributed by atoms with van der Waals surface area (Å²) in [5, 5.41) is 9.54. The van der Waals surface area contributed by atoms with Crippen molar-refractivity contribution in [2.24, 2.45) is 0 Å². The third-order valence-corrected chi connectivity index (χ3v) is 11.9. The monoisotopic (exact) mass is 402 g/mol. The van der Waals surface area contributed by atoms with Crippen LogP contribution < -0.4 is 4.74 Å². The molecular formula is C18H31BrO3Si. The summed E-state index contributed by atoms with van der Waals surface area (Å²) in [6.45, 7) is 14.2. The number of methoxy groups -OCH3 is 1. The molecule has 0 aliphatic rings. The van der Waals surface area contributed by atoms with Crippen molar-refractivity contribution in [3.05, 3.63) is 27.7 Å². The number of rotatable bonds is 8. The molecule has 0 radical (unpaired) electrons. The summed E-state index contributed by atoms with van der Waals surface area (Å²) in [6.07, 6.45) is 0. The van der Waals surface area contributed by atoms with Crippen molar-refractivity contribution in [1.29, 1.82) is 0 Å². The van der Waals surface area contributed by atoms with Gasteiger partial charge in [-0.2, -0.15) is 0 Å². The fourth-order valence-electron chi connectivity index (χ4n) is 3.76. The Labute approximate surface area is 150 Å². The van der Waals surface area contributed by atoms with E-state index in [0.717, 1.165) is 21.3 Å². The summed E-state index contributed by atoms with van der Waals surface area (Å²) < 4.78 is 12.9. The van der Waals surface area contributed by atoms with Crippen molar-refractivity contribution in [2.75, 3.05) is 7.11 Å². The molecule has 0 aromatic heterocycles. The molecule has 0 unspecified atom stereocenters. The zero-order valence-electron chi connectivity index (χ0n) is 15.4. The minimum absolute atomic E-state index is 0.0219. The molecule has 0 saturated heterocycles. The van der Waals surface area contributed by atoms with Crippen LogP contribution in [0.2, 0.25) is 16.6 Å². The molecule has 1 aromatic carbocycles. The number of benzene rings is 1. The van der Waals surface area contributed by atoms with Gasteiger partial charge in [0.15, 0.2) is 0 Å². The van der Waals surface area contributed by atoms with E-state index in [1.807, 2.05) is 12.1 Å². The molecule has 5 heteroatoms. The van der Waals surface area contributed by atoms with Gasteiger partial charge in [0.2, 0.25) is 8.32 Å². The van der Waals surface area contributed by atoms with Gasteiger partial charge in [-0.25, -0.2) is 0 Å². The summed E-state index contributed by atoms with van der Waals surface area (Å²) in [4.78, 5) is 0. The molecule has 0 saturated carbocycles. The molecule has 0 aliphatic heterocycles. The molecule has 0 fully saturated rings. The van der Waals surface area contributed by atoms with E-state index in [9.17, 15) is 5.11 Å². The molecule has 0 aliphatic carbocycles. The summed E-state index contributed by atoms with van der Waals surface area (Å²) in [5.74, 6) is 0.752. The van der Waals surface area contributed by atoms with E-state index in [1.165, 1.54) is 0 Å². The molecule has 1 rings (SSSR count). The van der Waals surface area contributed by atoms with Gasteiger partial charge in [0.05, 0.1) is 20.3 Å². The molecular weight excluding hydrogens is 372 g/mol. The highest BCUT2D eigenvalue weighted by molar-refractivity contribution is 9.10. The fraction of sp³-hybridized carbons (Fsp3) is 0.667. The van der Waals surface area contributed by atoms with Gasteiger partial charge >= 0.3 is 0 Å². The molecule has 0 bridgehead atoms. The van der Waals surface area contributed by atoms with E-state index in [2.05, 4.69) is 57.5 Å². The predicted octanol–water partition coefficient (Wildman–Crippen LogP) is 5.64. The number of halogens is 1. The zero-order valence-corrected chi connectivity index (χ0v) is 18.0. The highest BCUT2D eigenvalue weighted by Crippen LogP contribution is 2.43. The first-order chi connectivity index (χ1) is 10.7. The highest BCUT2D eigenvalue weighted by Gasteiger charge is 2.45. The Balaban J connectivity index is 3.16. The highest BCUT2D eigenvalue weighted by atomic mass is 79.9. The van der Waals surface area contributed by atoms with Crippen LogP contribution in [-0.2, 0) is 17.6 Å². The van der Waals surface area contributed by atoms with Crippen molar-refractivity contribution >= 4 is 24.2 Å². The molecule has 1 aromatic rings. The Hall–Kier alpha value is -0.363. The van der Waals surface area contributed by atoms with Crippen LogP contribution in [0.1, 0.15) is 52.7 Å². The first-order valence-corrected chi connectivity index (χ1v) is 11.2. The average molecular weight is 403 g/mol. The Kier molecular flexibility index (Phi) is 7.78. The van der Waals surface area contributed by atoms with Crippen LogP contribution in [0.4, 0.5) is 0 Å². The van der Waals surface area contributed by atoms with Crippen LogP contribution in [0, 0.1) is 0 Å². The number of ether oxygens (including phenoxy) is 1. The fourth-order valence-corrected chi connectivity index (χ4v) is 9.63. The van der Waals surface area contributed by atoms with Crippen molar-refractivity contribution in [3.63, 3.8) is 0 Å². The predicted molar refractivity (Wildman–Crippen MR) is 102 cm³/mol. The van der Waals surface area contributed by atoms with Gasteiger partial charge in [-0.1, -0.05) is 57.5 Å². The van der Waals surface area contributed by atoms with E-state index >= 15 is 0 Å². The lowest BCUT2D eigenvalue weighted by atomic mass is 10.1. The van der Waals surface area contributed by atoms with Crippen molar-refractivity contribution in [1.82, 2.24) is 0 Å². The summed E-state index contributed by atoms with van der Waals surface area (Å²) in [6, 6.07) is 3.84. The maximum absolute atomic E-state index is 9.54. The Morgan fingerprint density at radius 3 is 1.87 bits per heavy atom. The molecule has 0 amide bonds. The number of aliphatic hydroxyl groups excluding tert-OH is 1. The maximum atomic E-state index is 9.54. The SMILES string of the molecule is COc1cc(CO)c(Br)c(CO[Si](C(C)C)(C(C)C)C(C)C)c1. The van der Waals surface area contributed by atoms with Crippen molar-refractivity contribution in [3.8, 4) is 5.75 Å². The van der Waals surface area contributed by atoms with Crippen LogP contribution in [0.25, 0.3) is 0 Å². The first kappa shape index (κ1) is 20.7. The van der Waals surface area contributed by atoms with Gasteiger partial charge in [-0.15, -0.1) is 0 Å². The quantitative estimate of drug-likeness (QED) is 0.571. The van der Waals surface area contributed by atoms with Gasteiger partial charge in [-0.05, 0) is 39.9 Å². The van der Waals surface area contributed by atoms with Crippen molar-refractivity contribution < 1.29 is 14.3 Å². The van der Waals surface area contributed by atoms with E-state index in [0.29, 0.717) is 23.2 Å². The molecule has 1 N–H and O–H groups in total. The van der Waals surface area contributed by atoms with Gasteiger partial charge in [0.25, 0.3) is 0 Å². The van der Waals surface area contributed by atoms with Gasteiger partial charge < -0.3 is 14.3 Å². The van der Waals surface area contributed by atoms with Crippen LogP contribution in [-0.4, -0.2) is 20.5 Å². The topological polar surface area (TPSA) is 38.7 Å². The Bertz CT molecular complexity index is 493. The summed E-state index contributed by atoms with van der Waals surface area (Å²) in [7, 11) is -0.269. The second-order valence-corrected chi connectivity index (χ2v) is 13.3. The van der Waals surface area contributed by atoms with E-state index in [1.54, 1.807) is 7.11 Å². The second kappa shape index (κ2) is 8.65. The average Bonchev–Trinajstić information content (AvgIpc) is 2.48. The summed E-state index contributed by atoms with van der Waals surface area (Å²) >= 11 is 3.60. The lowest BCUT2D eigenvalue weighted by Crippen LogP contribution is -2.47. The molecule has 23 heavy (non-hydrogen) atoms. The number of aliphatic hydroxyl groups is 1. The second-order valence-electron chi connectivity index (χ2n) is 7.02. The third-order valence-electron chi connectivity index (χ3n) is 4.79. The lowest BCUT2D eigenvalue weighted by Gasteiger charge is -2.42. The van der Waals surface area contributed by atoms with Crippen LogP contribution >= 0.6 is 15.9 Å². The lowest BCUT2D eigenvalue weighted by molar-refractivity contribution is 0.262. The zero-order chi connectivity index (χ0) is 17.8. The molecule has 132 valence electrons. The van der Waals surface area contributed by atoms with Crippen molar-refractivity contribution in [2.45, 2.75) is 71.4 Å². The molecule has 3 nitrogen and oxygen atoms in total. The molecule has 0 heterocycles. The maximum Gasteiger partial charge on any atom is 0.200 e.